The second-order valence-electron chi connectivity index (χ2n) is 3.67. The molecule has 0 spiro atoms. The van der Waals surface area contributed by atoms with Crippen LogP contribution in [0.25, 0.3) is 0 Å². The van der Waals surface area contributed by atoms with Crippen molar-refractivity contribution in [3.8, 4) is 0 Å². The Balaban J connectivity index is 2.73. The number of carbonyl (C=O) groups excluding carboxylic acids is 1. The Morgan fingerprint density at radius 1 is 1.53 bits per heavy atom. The Morgan fingerprint density at radius 3 is 2.58 bits per heavy atom. The van der Waals surface area contributed by atoms with Crippen LogP contribution in [0.5, 0.6) is 0 Å². The van der Waals surface area contributed by atoms with Crippen LogP contribution < -0.4 is 5.32 Å². The van der Waals surface area contributed by atoms with Crippen LogP contribution >= 0.6 is 0 Å². The summed E-state index contributed by atoms with van der Waals surface area (Å²) in [4.78, 5) is 22.1. The summed E-state index contributed by atoms with van der Waals surface area (Å²) in [6.45, 7) is -2.71. The van der Waals surface area contributed by atoms with Crippen molar-refractivity contribution in [3.05, 3.63) is 12.3 Å². The van der Waals surface area contributed by atoms with Gasteiger partial charge in [-0.1, -0.05) is 0 Å². The van der Waals surface area contributed by atoms with Crippen LogP contribution in [0.4, 0.5) is 23.8 Å². The third kappa shape index (κ3) is 5.27. The van der Waals surface area contributed by atoms with E-state index in [0.29, 0.717) is 0 Å². The minimum absolute atomic E-state index is 0.0325. The standard InChI is InChI=1S/C9H11F3N4O3/c1-15-3-2-6(14-15)13-8(19)16(4-7(17)18)5-9(10,11)12/h2-3H,4-5H2,1H3,(H,17,18)(H,13,14,19). The molecule has 0 fully saturated rings. The number of carbonyl (C=O) groups is 2. The second kappa shape index (κ2) is 5.59. The van der Waals surface area contributed by atoms with Gasteiger partial charge in [-0.05, 0) is 0 Å². The molecule has 19 heavy (non-hydrogen) atoms. The van der Waals surface area contributed by atoms with E-state index in [1.165, 1.54) is 16.9 Å². The lowest BCUT2D eigenvalue weighted by atomic mass is 10.4. The first-order valence-electron chi connectivity index (χ1n) is 5.01. The van der Waals surface area contributed by atoms with Gasteiger partial charge in [-0.2, -0.15) is 18.3 Å². The Morgan fingerprint density at radius 2 is 2.16 bits per heavy atom. The quantitative estimate of drug-likeness (QED) is 0.857. The highest BCUT2D eigenvalue weighted by molar-refractivity contribution is 5.90. The SMILES string of the molecule is Cn1ccc(NC(=O)N(CC(=O)O)CC(F)(F)F)n1. The normalized spacial score (nSPS) is 11.2. The van der Waals surface area contributed by atoms with Gasteiger partial charge in [0.2, 0.25) is 0 Å². The maximum atomic E-state index is 12.2. The van der Waals surface area contributed by atoms with Gasteiger partial charge >= 0.3 is 18.2 Å². The molecule has 0 aliphatic heterocycles. The molecule has 0 saturated heterocycles. The molecule has 1 aromatic heterocycles. The Labute approximate surface area is 105 Å². The largest absolute Gasteiger partial charge is 0.480 e. The van der Waals surface area contributed by atoms with Crippen LogP contribution in [0.3, 0.4) is 0 Å². The first-order chi connectivity index (χ1) is 8.67. The minimum atomic E-state index is -4.68. The zero-order valence-corrected chi connectivity index (χ0v) is 9.81. The fourth-order valence-electron chi connectivity index (χ4n) is 1.25. The number of carboxylic acids is 1. The molecule has 1 aromatic rings. The van der Waals surface area contributed by atoms with Crippen molar-refractivity contribution >= 4 is 17.8 Å². The van der Waals surface area contributed by atoms with Crippen molar-refractivity contribution in [2.75, 3.05) is 18.4 Å². The van der Waals surface area contributed by atoms with E-state index < -0.39 is 31.3 Å². The summed E-state index contributed by atoms with van der Waals surface area (Å²) in [6, 6.07) is 0.183. The number of aliphatic carboxylic acids is 1. The number of rotatable bonds is 4. The third-order valence-electron chi connectivity index (χ3n) is 1.93. The maximum Gasteiger partial charge on any atom is 0.406 e. The first-order valence-corrected chi connectivity index (χ1v) is 5.01. The molecule has 0 aliphatic carbocycles. The molecule has 7 nitrogen and oxygen atoms in total. The van der Waals surface area contributed by atoms with E-state index in [-0.39, 0.29) is 10.7 Å². The summed E-state index contributed by atoms with van der Waals surface area (Å²) in [5.74, 6) is -1.51. The van der Waals surface area contributed by atoms with Crippen LogP contribution in [-0.4, -0.2) is 51.1 Å². The molecule has 0 atom stereocenters. The lowest BCUT2D eigenvalue weighted by molar-refractivity contribution is -0.148. The average molecular weight is 280 g/mol. The summed E-state index contributed by atoms with van der Waals surface area (Å²) in [6.07, 6.45) is -3.21. The van der Waals surface area contributed by atoms with Gasteiger partial charge < -0.3 is 10.0 Å². The number of aryl methyl sites for hydroxylation is 1. The number of hydrogen-bond acceptors (Lipinski definition) is 3. The second-order valence-corrected chi connectivity index (χ2v) is 3.67. The van der Waals surface area contributed by atoms with Crippen molar-refractivity contribution in [1.29, 1.82) is 0 Å². The van der Waals surface area contributed by atoms with Crippen LogP contribution in [-0.2, 0) is 11.8 Å². The average Bonchev–Trinajstić information content (AvgIpc) is 2.60. The number of aromatic nitrogens is 2. The Bertz CT molecular complexity index is 472. The zero-order valence-electron chi connectivity index (χ0n) is 9.81. The summed E-state index contributed by atoms with van der Waals surface area (Å²) in [5.41, 5.74) is 0. The first kappa shape index (κ1) is 14.8. The highest BCUT2D eigenvalue weighted by Gasteiger charge is 2.34. The van der Waals surface area contributed by atoms with Crippen molar-refractivity contribution in [3.63, 3.8) is 0 Å². The van der Waals surface area contributed by atoms with Crippen molar-refractivity contribution in [2.45, 2.75) is 6.18 Å². The smallest absolute Gasteiger partial charge is 0.406 e. The number of alkyl halides is 3. The lowest BCUT2D eigenvalue weighted by Crippen LogP contribution is -2.44. The summed E-state index contributed by atoms with van der Waals surface area (Å²) in [5, 5.41) is 14.3. The van der Waals surface area contributed by atoms with Crippen molar-refractivity contribution in [1.82, 2.24) is 14.7 Å². The molecule has 1 rings (SSSR count). The fourth-order valence-corrected chi connectivity index (χ4v) is 1.25. The number of amides is 2. The predicted octanol–water partition coefficient (Wildman–Crippen LogP) is 0.901. The summed E-state index contributed by atoms with van der Waals surface area (Å²) < 4.78 is 38.0. The van der Waals surface area contributed by atoms with Gasteiger partial charge in [0.1, 0.15) is 13.1 Å². The van der Waals surface area contributed by atoms with Crippen LogP contribution in [0, 0.1) is 0 Å². The molecule has 0 unspecified atom stereocenters. The van der Waals surface area contributed by atoms with E-state index in [0.717, 1.165) is 0 Å². The minimum Gasteiger partial charge on any atom is -0.480 e. The number of nitrogens with one attached hydrogen (secondary N) is 1. The molecular weight excluding hydrogens is 269 g/mol. The molecule has 0 saturated carbocycles. The number of urea groups is 1. The molecule has 10 heteroatoms. The molecule has 106 valence electrons. The predicted molar refractivity (Wildman–Crippen MR) is 57.5 cm³/mol. The highest BCUT2D eigenvalue weighted by atomic mass is 19.4. The maximum absolute atomic E-state index is 12.2. The molecular formula is C9H11F3N4O3. The number of anilines is 1. The Hall–Kier alpha value is -2.26. The van der Waals surface area contributed by atoms with Crippen LogP contribution in [0.1, 0.15) is 0 Å². The molecule has 0 bridgehead atoms. The van der Waals surface area contributed by atoms with E-state index in [1.54, 1.807) is 7.05 Å². The van der Waals surface area contributed by atoms with Gasteiger partial charge in [-0.3, -0.25) is 14.8 Å². The molecule has 1 heterocycles. The molecule has 2 amide bonds. The molecule has 2 N–H and O–H groups in total. The number of nitrogens with zero attached hydrogens (tertiary/aromatic N) is 3. The van der Waals surface area contributed by atoms with Crippen molar-refractivity contribution in [2.24, 2.45) is 7.05 Å². The van der Waals surface area contributed by atoms with Gasteiger partial charge in [0.15, 0.2) is 5.82 Å². The molecule has 0 aromatic carbocycles. The Kier molecular flexibility index (Phi) is 4.35. The van der Waals surface area contributed by atoms with Gasteiger partial charge in [-0.15, -0.1) is 0 Å². The van der Waals surface area contributed by atoms with E-state index in [9.17, 15) is 22.8 Å². The van der Waals surface area contributed by atoms with Gasteiger partial charge in [0, 0.05) is 19.3 Å². The van der Waals surface area contributed by atoms with E-state index in [1.807, 2.05) is 0 Å². The van der Waals surface area contributed by atoms with E-state index in [2.05, 4.69) is 10.4 Å². The van der Waals surface area contributed by atoms with E-state index >= 15 is 0 Å². The van der Waals surface area contributed by atoms with Crippen molar-refractivity contribution < 1.29 is 27.9 Å². The fraction of sp³-hybridized carbons (Fsp3) is 0.444. The zero-order chi connectivity index (χ0) is 14.6. The monoisotopic (exact) mass is 280 g/mol. The third-order valence-corrected chi connectivity index (χ3v) is 1.93. The lowest BCUT2D eigenvalue weighted by Gasteiger charge is -2.21. The highest BCUT2D eigenvalue weighted by Crippen LogP contribution is 2.17. The summed E-state index contributed by atoms with van der Waals surface area (Å²) >= 11 is 0. The van der Waals surface area contributed by atoms with Gasteiger partial charge in [0.25, 0.3) is 0 Å². The number of carboxylic acid groups (broad SMARTS) is 1. The van der Waals surface area contributed by atoms with Gasteiger partial charge in [-0.25, -0.2) is 4.79 Å². The number of halogens is 3. The molecule has 0 radical (unpaired) electrons. The van der Waals surface area contributed by atoms with Crippen LogP contribution in [0.2, 0.25) is 0 Å². The van der Waals surface area contributed by atoms with Crippen LogP contribution in [0.15, 0.2) is 12.3 Å². The van der Waals surface area contributed by atoms with Gasteiger partial charge in [0.05, 0.1) is 0 Å². The molecule has 0 aliphatic rings. The summed E-state index contributed by atoms with van der Waals surface area (Å²) in [7, 11) is 1.56. The van der Waals surface area contributed by atoms with E-state index in [4.69, 9.17) is 5.11 Å². The number of hydrogen-bond donors (Lipinski definition) is 2. The topological polar surface area (TPSA) is 87.5 Å².